The van der Waals surface area contributed by atoms with Gasteiger partial charge in [-0.05, 0) is 19.1 Å². The normalized spacial score (nSPS) is 14.2. The number of aliphatic hydroxyl groups excluding tert-OH is 1. The van der Waals surface area contributed by atoms with Crippen molar-refractivity contribution in [2.45, 2.75) is 52.7 Å². The van der Waals surface area contributed by atoms with E-state index >= 15 is 0 Å². The first-order chi connectivity index (χ1) is 10.2. The number of amides is 2. The van der Waals surface area contributed by atoms with Gasteiger partial charge in [0.05, 0.1) is 6.26 Å². The summed E-state index contributed by atoms with van der Waals surface area (Å²) < 4.78 is 5.11. The van der Waals surface area contributed by atoms with Crippen molar-refractivity contribution >= 4 is 11.8 Å². The SMILES string of the molecule is CC(CC(O)c1ccco1)NC(=O)CCNC(=O)C(C)(C)C. The van der Waals surface area contributed by atoms with E-state index in [9.17, 15) is 14.7 Å². The monoisotopic (exact) mass is 310 g/mol. The van der Waals surface area contributed by atoms with Crippen molar-refractivity contribution in [3.63, 3.8) is 0 Å². The minimum atomic E-state index is -0.745. The Bertz CT molecular complexity index is 477. The molecule has 2 amide bonds. The number of furan rings is 1. The Labute approximate surface area is 131 Å². The van der Waals surface area contributed by atoms with Gasteiger partial charge in [-0.15, -0.1) is 0 Å². The summed E-state index contributed by atoms with van der Waals surface area (Å²) in [5.74, 6) is 0.244. The lowest BCUT2D eigenvalue weighted by Crippen LogP contribution is -2.39. The molecule has 0 aliphatic heterocycles. The predicted octanol–water partition coefficient (Wildman–Crippen LogP) is 1.76. The molecule has 2 atom stereocenters. The van der Waals surface area contributed by atoms with Crippen LogP contribution in [0.25, 0.3) is 0 Å². The van der Waals surface area contributed by atoms with Gasteiger partial charge in [-0.1, -0.05) is 20.8 Å². The highest BCUT2D eigenvalue weighted by Crippen LogP contribution is 2.18. The summed E-state index contributed by atoms with van der Waals surface area (Å²) in [5, 5.41) is 15.4. The number of aliphatic hydroxyl groups is 1. The van der Waals surface area contributed by atoms with Crippen LogP contribution in [0.1, 0.15) is 52.4 Å². The van der Waals surface area contributed by atoms with Gasteiger partial charge in [0.2, 0.25) is 11.8 Å². The summed E-state index contributed by atoms with van der Waals surface area (Å²) in [6.45, 7) is 7.58. The lowest BCUT2D eigenvalue weighted by atomic mass is 9.96. The molecule has 2 unspecified atom stereocenters. The third-order valence-corrected chi connectivity index (χ3v) is 3.17. The lowest BCUT2D eigenvalue weighted by Gasteiger charge is -2.19. The molecule has 6 nitrogen and oxygen atoms in total. The van der Waals surface area contributed by atoms with Crippen LogP contribution < -0.4 is 10.6 Å². The van der Waals surface area contributed by atoms with Crippen LogP contribution in [0.5, 0.6) is 0 Å². The van der Waals surface area contributed by atoms with Crippen molar-refractivity contribution in [2.75, 3.05) is 6.54 Å². The second kappa shape index (κ2) is 7.98. The van der Waals surface area contributed by atoms with E-state index in [2.05, 4.69) is 10.6 Å². The third kappa shape index (κ3) is 6.30. The molecule has 0 aromatic carbocycles. The largest absolute Gasteiger partial charge is 0.467 e. The van der Waals surface area contributed by atoms with E-state index in [1.165, 1.54) is 6.26 Å². The summed E-state index contributed by atoms with van der Waals surface area (Å²) in [4.78, 5) is 23.4. The predicted molar refractivity (Wildman–Crippen MR) is 83.0 cm³/mol. The summed E-state index contributed by atoms with van der Waals surface area (Å²) >= 11 is 0. The zero-order chi connectivity index (χ0) is 16.8. The maximum absolute atomic E-state index is 11.8. The van der Waals surface area contributed by atoms with E-state index in [0.717, 1.165) is 0 Å². The molecule has 0 fully saturated rings. The van der Waals surface area contributed by atoms with Crippen molar-refractivity contribution in [3.05, 3.63) is 24.2 Å². The van der Waals surface area contributed by atoms with Crippen LogP contribution in [-0.4, -0.2) is 29.5 Å². The van der Waals surface area contributed by atoms with Gasteiger partial charge in [0.1, 0.15) is 11.9 Å². The molecule has 0 spiro atoms. The molecule has 0 saturated carbocycles. The Morgan fingerprint density at radius 2 is 2.05 bits per heavy atom. The van der Waals surface area contributed by atoms with E-state index in [-0.39, 0.29) is 24.3 Å². The Kier molecular flexibility index (Phi) is 6.61. The Morgan fingerprint density at radius 1 is 1.36 bits per heavy atom. The Morgan fingerprint density at radius 3 is 2.59 bits per heavy atom. The summed E-state index contributed by atoms with van der Waals surface area (Å²) in [6.07, 6.45) is 1.34. The molecule has 1 heterocycles. The van der Waals surface area contributed by atoms with Crippen molar-refractivity contribution in [2.24, 2.45) is 5.41 Å². The molecule has 1 aromatic heterocycles. The highest BCUT2D eigenvalue weighted by molar-refractivity contribution is 5.82. The molecular formula is C16H26N2O4. The van der Waals surface area contributed by atoms with Gasteiger partial charge >= 0.3 is 0 Å². The lowest BCUT2D eigenvalue weighted by molar-refractivity contribution is -0.128. The molecule has 1 rings (SSSR count). The number of nitrogens with one attached hydrogen (secondary N) is 2. The average Bonchev–Trinajstić information content (AvgIpc) is 2.90. The van der Waals surface area contributed by atoms with Crippen LogP contribution in [-0.2, 0) is 9.59 Å². The van der Waals surface area contributed by atoms with Crippen LogP contribution >= 0.6 is 0 Å². The smallest absolute Gasteiger partial charge is 0.225 e. The standard InChI is InChI=1S/C16H26N2O4/c1-11(10-12(19)13-6-5-9-22-13)18-14(20)7-8-17-15(21)16(2,3)4/h5-6,9,11-12,19H,7-8,10H2,1-4H3,(H,17,21)(H,18,20). The van der Waals surface area contributed by atoms with Crippen LogP contribution in [0, 0.1) is 5.41 Å². The second-order valence-electron chi connectivity index (χ2n) is 6.49. The first kappa shape index (κ1) is 18.2. The Balaban J connectivity index is 2.25. The van der Waals surface area contributed by atoms with E-state index in [1.807, 2.05) is 27.7 Å². The molecule has 0 bridgehead atoms. The fraction of sp³-hybridized carbons (Fsp3) is 0.625. The maximum atomic E-state index is 11.8. The fourth-order valence-corrected chi connectivity index (χ4v) is 1.89. The molecule has 0 aliphatic carbocycles. The van der Waals surface area contributed by atoms with Gasteiger partial charge in [0, 0.05) is 30.8 Å². The maximum Gasteiger partial charge on any atom is 0.225 e. The molecule has 0 aliphatic rings. The Hall–Kier alpha value is -1.82. The van der Waals surface area contributed by atoms with E-state index in [0.29, 0.717) is 18.7 Å². The van der Waals surface area contributed by atoms with Crippen molar-refractivity contribution in [3.8, 4) is 0 Å². The minimum absolute atomic E-state index is 0.0819. The number of carbonyl (C=O) groups excluding carboxylic acids is 2. The highest BCUT2D eigenvalue weighted by atomic mass is 16.4. The first-order valence-corrected chi connectivity index (χ1v) is 7.49. The molecule has 22 heavy (non-hydrogen) atoms. The quantitative estimate of drug-likeness (QED) is 0.715. The fourth-order valence-electron chi connectivity index (χ4n) is 1.89. The molecule has 1 aromatic rings. The van der Waals surface area contributed by atoms with Crippen molar-refractivity contribution in [1.29, 1.82) is 0 Å². The van der Waals surface area contributed by atoms with Gasteiger partial charge < -0.3 is 20.2 Å². The minimum Gasteiger partial charge on any atom is -0.467 e. The average molecular weight is 310 g/mol. The highest BCUT2D eigenvalue weighted by Gasteiger charge is 2.21. The van der Waals surface area contributed by atoms with Crippen molar-refractivity contribution in [1.82, 2.24) is 10.6 Å². The summed E-state index contributed by atoms with van der Waals surface area (Å²) in [7, 11) is 0. The summed E-state index contributed by atoms with van der Waals surface area (Å²) in [5.41, 5.74) is -0.461. The van der Waals surface area contributed by atoms with Crippen LogP contribution in [0.3, 0.4) is 0 Å². The first-order valence-electron chi connectivity index (χ1n) is 7.49. The molecule has 3 N–H and O–H groups in total. The molecular weight excluding hydrogens is 284 g/mol. The number of carbonyl (C=O) groups is 2. The number of rotatable bonds is 7. The number of hydrogen-bond donors (Lipinski definition) is 3. The molecule has 6 heteroatoms. The second-order valence-corrected chi connectivity index (χ2v) is 6.49. The molecule has 124 valence electrons. The zero-order valence-electron chi connectivity index (χ0n) is 13.7. The van der Waals surface area contributed by atoms with Crippen LogP contribution in [0.15, 0.2) is 22.8 Å². The topological polar surface area (TPSA) is 91.6 Å². The summed E-state index contributed by atoms with van der Waals surface area (Å²) in [6, 6.07) is 3.21. The van der Waals surface area contributed by atoms with Crippen LogP contribution in [0.4, 0.5) is 0 Å². The van der Waals surface area contributed by atoms with Crippen molar-refractivity contribution < 1.29 is 19.1 Å². The molecule has 0 radical (unpaired) electrons. The van der Waals surface area contributed by atoms with Gasteiger partial charge in [0.25, 0.3) is 0 Å². The zero-order valence-corrected chi connectivity index (χ0v) is 13.7. The van der Waals surface area contributed by atoms with E-state index in [1.54, 1.807) is 12.1 Å². The van der Waals surface area contributed by atoms with Gasteiger partial charge in [-0.2, -0.15) is 0 Å². The van der Waals surface area contributed by atoms with Gasteiger partial charge in [-0.3, -0.25) is 9.59 Å². The van der Waals surface area contributed by atoms with E-state index < -0.39 is 11.5 Å². The third-order valence-electron chi connectivity index (χ3n) is 3.17. The van der Waals surface area contributed by atoms with Crippen LogP contribution in [0.2, 0.25) is 0 Å². The van der Waals surface area contributed by atoms with Gasteiger partial charge in [0.15, 0.2) is 0 Å². The number of hydrogen-bond acceptors (Lipinski definition) is 4. The molecule has 0 saturated heterocycles. The van der Waals surface area contributed by atoms with Gasteiger partial charge in [-0.25, -0.2) is 0 Å². The van der Waals surface area contributed by atoms with E-state index in [4.69, 9.17) is 4.42 Å².